The molecule has 0 bridgehead atoms. The van der Waals surface area contributed by atoms with Crippen LogP contribution in [0.4, 0.5) is 0 Å². The summed E-state index contributed by atoms with van der Waals surface area (Å²) in [6, 6.07) is 20.3. The summed E-state index contributed by atoms with van der Waals surface area (Å²) in [4.78, 5) is 32.7. The van der Waals surface area contributed by atoms with E-state index in [4.69, 9.17) is 21.3 Å². The fraction of sp³-hybridized carbons (Fsp3) is 0.192. The Morgan fingerprint density at radius 1 is 1.12 bits per heavy atom. The maximum Gasteiger partial charge on any atom is 0.266 e. The number of benzene rings is 3. The Labute approximate surface area is 207 Å². The van der Waals surface area contributed by atoms with E-state index in [1.807, 2.05) is 55.5 Å². The molecule has 4 aromatic rings. The molecule has 0 atom stereocenters. The minimum absolute atomic E-state index is 0.0791. The van der Waals surface area contributed by atoms with Gasteiger partial charge in [-0.15, -0.1) is 0 Å². The second kappa shape index (κ2) is 10.3. The third kappa shape index (κ3) is 5.11. The van der Waals surface area contributed by atoms with E-state index in [0.717, 1.165) is 22.6 Å². The minimum Gasteiger partial charge on any atom is -0.497 e. The van der Waals surface area contributed by atoms with Crippen molar-refractivity contribution in [2.45, 2.75) is 18.6 Å². The van der Waals surface area contributed by atoms with E-state index in [2.05, 4.69) is 0 Å². The van der Waals surface area contributed by atoms with Crippen molar-refractivity contribution in [2.24, 2.45) is 0 Å². The number of carbonyl (C=O) groups excluding carboxylic acids is 1. The van der Waals surface area contributed by atoms with Crippen LogP contribution in [-0.2, 0) is 11.3 Å². The number of hydrogen-bond acceptors (Lipinski definition) is 5. The zero-order valence-corrected chi connectivity index (χ0v) is 20.7. The van der Waals surface area contributed by atoms with Gasteiger partial charge in [-0.05, 0) is 54.4 Å². The van der Waals surface area contributed by atoms with Gasteiger partial charge in [0.15, 0.2) is 5.16 Å². The molecule has 0 fully saturated rings. The van der Waals surface area contributed by atoms with Gasteiger partial charge in [-0.1, -0.05) is 53.7 Å². The van der Waals surface area contributed by atoms with Gasteiger partial charge in [0.05, 0.1) is 29.5 Å². The van der Waals surface area contributed by atoms with Crippen molar-refractivity contribution in [1.82, 2.24) is 14.5 Å². The average molecular weight is 494 g/mol. The highest BCUT2D eigenvalue weighted by Gasteiger charge is 2.18. The number of para-hydroxylation sites is 1. The van der Waals surface area contributed by atoms with Crippen LogP contribution in [0.2, 0.25) is 5.02 Å². The van der Waals surface area contributed by atoms with Gasteiger partial charge >= 0.3 is 0 Å². The lowest BCUT2D eigenvalue weighted by atomic mass is 10.2. The number of thioether (sulfide) groups is 1. The molecule has 1 heterocycles. The van der Waals surface area contributed by atoms with Gasteiger partial charge in [0, 0.05) is 18.6 Å². The van der Waals surface area contributed by atoms with E-state index in [1.54, 1.807) is 41.8 Å². The summed E-state index contributed by atoms with van der Waals surface area (Å²) in [7, 11) is 3.37. The first-order valence-electron chi connectivity index (χ1n) is 10.7. The number of hydrogen-bond donors (Lipinski definition) is 0. The highest BCUT2D eigenvalue weighted by molar-refractivity contribution is 7.99. The molecule has 1 amide bonds. The molecule has 0 N–H and O–H groups in total. The summed E-state index contributed by atoms with van der Waals surface area (Å²) in [5.41, 5.74) is 2.94. The number of halogens is 1. The van der Waals surface area contributed by atoms with Crippen LogP contribution >= 0.6 is 23.4 Å². The second-order valence-corrected chi connectivity index (χ2v) is 9.25. The number of nitrogens with zero attached hydrogens (tertiary/aromatic N) is 3. The molecule has 1 aromatic heterocycles. The predicted octanol–water partition coefficient (Wildman–Crippen LogP) is 5.11. The molecule has 0 spiro atoms. The van der Waals surface area contributed by atoms with Gasteiger partial charge in [-0.2, -0.15) is 0 Å². The number of methoxy groups -OCH3 is 1. The Kier molecular flexibility index (Phi) is 7.24. The van der Waals surface area contributed by atoms with Crippen LogP contribution in [0.15, 0.2) is 76.7 Å². The number of amides is 1. The Balaban J connectivity index is 1.64. The van der Waals surface area contributed by atoms with Gasteiger partial charge in [-0.25, -0.2) is 4.98 Å². The van der Waals surface area contributed by atoms with Crippen molar-refractivity contribution in [3.63, 3.8) is 0 Å². The molecule has 0 aliphatic heterocycles. The number of aromatic nitrogens is 2. The first-order valence-corrected chi connectivity index (χ1v) is 12.0. The Morgan fingerprint density at radius 3 is 2.68 bits per heavy atom. The van der Waals surface area contributed by atoms with Crippen molar-refractivity contribution < 1.29 is 9.53 Å². The predicted molar refractivity (Wildman–Crippen MR) is 137 cm³/mol. The standard InChI is InChI=1S/C26H24ClN3O3S/c1-17-7-4-5-10-23(17)30-25(32)21-12-11-19(27)14-22(21)28-26(30)34-16-24(31)29(2)15-18-8-6-9-20(13-18)33-3/h4-14H,15-16H2,1-3H3. The van der Waals surface area contributed by atoms with Crippen molar-refractivity contribution in [3.8, 4) is 11.4 Å². The summed E-state index contributed by atoms with van der Waals surface area (Å²) in [6.45, 7) is 2.39. The lowest BCUT2D eigenvalue weighted by Gasteiger charge is -2.19. The van der Waals surface area contributed by atoms with Gasteiger partial charge < -0.3 is 9.64 Å². The van der Waals surface area contributed by atoms with E-state index >= 15 is 0 Å². The lowest BCUT2D eigenvalue weighted by Crippen LogP contribution is -2.28. The van der Waals surface area contributed by atoms with E-state index in [9.17, 15) is 9.59 Å². The minimum atomic E-state index is -0.198. The van der Waals surface area contributed by atoms with Crippen LogP contribution in [0.5, 0.6) is 5.75 Å². The quantitative estimate of drug-likeness (QED) is 0.264. The molecule has 0 saturated carbocycles. The molecule has 6 nitrogen and oxygen atoms in total. The van der Waals surface area contributed by atoms with Crippen molar-refractivity contribution in [1.29, 1.82) is 0 Å². The van der Waals surface area contributed by atoms with E-state index in [1.165, 1.54) is 11.8 Å². The smallest absolute Gasteiger partial charge is 0.266 e. The van der Waals surface area contributed by atoms with E-state index in [0.29, 0.717) is 27.6 Å². The SMILES string of the molecule is COc1cccc(CN(C)C(=O)CSc2nc3cc(Cl)ccc3c(=O)n2-c2ccccc2C)c1. The number of ether oxygens (including phenoxy) is 1. The molecule has 0 radical (unpaired) electrons. The third-order valence-electron chi connectivity index (χ3n) is 5.46. The van der Waals surface area contributed by atoms with Crippen LogP contribution in [0, 0.1) is 6.92 Å². The van der Waals surface area contributed by atoms with Crippen LogP contribution in [0.3, 0.4) is 0 Å². The van der Waals surface area contributed by atoms with Crippen molar-refractivity contribution >= 4 is 40.2 Å². The molecule has 4 rings (SSSR count). The molecule has 8 heteroatoms. The largest absolute Gasteiger partial charge is 0.497 e. The maximum atomic E-state index is 13.5. The first-order chi connectivity index (χ1) is 16.4. The highest BCUT2D eigenvalue weighted by Crippen LogP contribution is 2.25. The maximum absolute atomic E-state index is 13.5. The zero-order chi connectivity index (χ0) is 24.2. The monoisotopic (exact) mass is 493 g/mol. The number of aryl methyl sites for hydroxylation is 1. The van der Waals surface area contributed by atoms with Crippen LogP contribution in [0.1, 0.15) is 11.1 Å². The Morgan fingerprint density at radius 2 is 1.91 bits per heavy atom. The van der Waals surface area contributed by atoms with Crippen molar-refractivity contribution in [2.75, 3.05) is 19.9 Å². The Bertz CT molecular complexity index is 1420. The first kappa shape index (κ1) is 23.9. The summed E-state index contributed by atoms with van der Waals surface area (Å²) in [5.74, 6) is 0.795. The highest BCUT2D eigenvalue weighted by atomic mass is 35.5. The zero-order valence-electron chi connectivity index (χ0n) is 19.1. The number of carbonyl (C=O) groups is 1. The lowest BCUT2D eigenvalue weighted by molar-refractivity contribution is -0.127. The fourth-order valence-electron chi connectivity index (χ4n) is 3.63. The normalized spacial score (nSPS) is 10.9. The topological polar surface area (TPSA) is 64.4 Å². The molecular weight excluding hydrogens is 470 g/mol. The molecule has 34 heavy (non-hydrogen) atoms. The molecular formula is C26H24ClN3O3S. The Hall–Kier alpha value is -3.29. The molecule has 174 valence electrons. The summed E-state index contributed by atoms with van der Waals surface area (Å²) >= 11 is 7.38. The van der Waals surface area contributed by atoms with Gasteiger partial charge in [0.1, 0.15) is 5.75 Å². The van der Waals surface area contributed by atoms with E-state index in [-0.39, 0.29) is 17.2 Å². The fourth-order valence-corrected chi connectivity index (χ4v) is 4.74. The molecule has 0 saturated heterocycles. The van der Waals surface area contributed by atoms with Crippen molar-refractivity contribution in [3.05, 3.63) is 93.2 Å². The molecule has 3 aromatic carbocycles. The van der Waals surface area contributed by atoms with Crippen LogP contribution in [0.25, 0.3) is 16.6 Å². The number of fused-ring (bicyclic) bond motifs is 1. The van der Waals surface area contributed by atoms with Gasteiger partial charge in [-0.3, -0.25) is 14.2 Å². The third-order valence-corrected chi connectivity index (χ3v) is 6.62. The van der Waals surface area contributed by atoms with Gasteiger partial charge in [0.25, 0.3) is 5.56 Å². The summed E-state index contributed by atoms with van der Waals surface area (Å²) in [5, 5.41) is 1.41. The molecule has 0 aliphatic rings. The summed E-state index contributed by atoms with van der Waals surface area (Å²) < 4.78 is 6.84. The molecule has 0 aliphatic carbocycles. The summed E-state index contributed by atoms with van der Waals surface area (Å²) in [6.07, 6.45) is 0. The molecule has 0 unspecified atom stereocenters. The van der Waals surface area contributed by atoms with E-state index < -0.39 is 0 Å². The average Bonchev–Trinajstić information content (AvgIpc) is 2.83. The van der Waals surface area contributed by atoms with Crippen LogP contribution < -0.4 is 10.3 Å². The van der Waals surface area contributed by atoms with Crippen LogP contribution in [-0.4, -0.2) is 40.3 Å². The van der Waals surface area contributed by atoms with Gasteiger partial charge in [0.2, 0.25) is 5.91 Å². The second-order valence-electron chi connectivity index (χ2n) is 7.87. The number of rotatable bonds is 7.